The number of nitrogens with two attached hydrogens (primary N) is 1. The number of ether oxygens (including phenoxy) is 8. The highest BCUT2D eigenvalue weighted by atomic mass is 35.5. The zero-order valence-electron chi connectivity index (χ0n) is 32.3. The summed E-state index contributed by atoms with van der Waals surface area (Å²) in [5.41, 5.74) is 8.82. The van der Waals surface area contributed by atoms with Crippen LogP contribution < -0.4 is 20.5 Å². The second kappa shape index (κ2) is 19.2. The van der Waals surface area contributed by atoms with Gasteiger partial charge >= 0.3 is 11.9 Å². The van der Waals surface area contributed by atoms with Gasteiger partial charge in [0, 0.05) is 25.2 Å². The zero-order chi connectivity index (χ0) is 42.6. The van der Waals surface area contributed by atoms with Crippen LogP contribution in [0, 0.1) is 0 Å². The molecule has 4 fully saturated rings. The second-order valence-electron chi connectivity index (χ2n) is 13.9. The fourth-order valence-corrected chi connectivity index (χ4v) is 9.32. The SMILES string of the molecule is CC(=O)O[C@H]1CO[C@@H]2C(Oc3ccc(N)cc3Cl)CO[C@H]12.CC(=O)O[C@H]1CO[C@@H]2C(Oc3ccc(Nc4ncnc5ccsc45)cc3Cl)CO[C@H]12.Clc1ncnc2ccsc12. The average Bonchev–Trinajstić information content (AvgIpc) is 4.08. The highest BCUT2D eigenvalue weighted by Crippen LogP contribution is 2.37. The molecule has 8 atom stereocenters. The lowest BCUT2D eigenvalue weighted by atomic mass is 10.1. The van der Waals surface area contributed by atoms with Crippen LogP contribution in [0.3, 0.4) is 0 Å². The van der Waals surface area contributed by atoms with Gasteiger partial charge in [-0.15, -0.1) is 22.7 Å². The molecule has 4 aromatic heterocycles. The lowest BCUT2D eigenvalue weighted by Gasteiger charge is -2.19. The summed E-state index contributed by atoms with van der Waals surface area (Å²) in [7, 11) is 0. The molecule has 61 heavy (non-hydrogen) atoms. The molecule has 21 heteroatoms. The molecule has 0 bridgehead atoms. The molecule has 4 aliphatic rings. The smallest absolute Gasteiger partial charge is 0.303 e. The van der Waals surface area contributed by atoms with Crippen LogP contribution in [0.1, 0.15) is 13.8 Å². The van der Waals surface area contributed by atoms with E-state index in [4.69, 9.17) is 78.4 Å². The average molecular weight is 932 g/mol. The van der Waals surface area contributed by atoms with E-state index < -0.39 is 6.10 Å². The van der Waals surface area contributed by atoms with Crippen LogP contribution in [-0.2, 0) is 38.0 Å². The minimum Gasteiger partial charge on any atom is -0.484 e. The van der Waals surface area contributed by atoms with E-state index in [0.29, 0.717) is 58.8 Å². The lowest BCUT2D eigenvalue weighted by Crippen LogP contribution is -2.36. The van der Waals surface area contributed by atoms with Gasteiger partial charge < -0.3 is 48.9 Å². The van der Waals surface area contributed by atoms with Crippen LogP contribution in [0.15, 0.2) is 71.9 Å². The zero-order valence-corrected chi connectivity index (χ0v) is 36.2. The van der Waals surface area contributed by atoms with Crippen LogP contribution in [0.5, 0.6) is 11.5 Å². The first-order valence-corrected chi connectivity index (χ1v) is 21.7. The van der Waals surface area contributed by atoms with Crippen molar-refractivity contribution in [3.8, 4) is 11.5 Å². The molecule has 0 amide bonds. The molecule has 0 radical (unpaired) electrons. The van der Waals surface area contributed by atoms with Gasteiger partial charge in [-0.25, -0.2) is 19.9 Å². The predicted octanol–water partition coefficient (Wildman–Crippen LogP) is 7.31. The maximum absolute atomic E-state index is 11.2. The monoisotopic (exact) mass is 930 g/mol. The van der Waals surface area contributed by atoms with Crippen molar-refractivity contribution in [3.05, 3.63) is 87.1 Å². The van der Waals surface area contributed by atoms with Crippen molar-refractivity contribution in [2.75, 3.05) is 37.5 Å². The van der Waals surface area contributed by atoms with E-state index in [1.54, 1.807) is 53.0 Å². The predicted molar refractivity (Wildman–Crippen MR) is 229 cm³/mol. The summed E-state index contributed by atoms with van der Waals surface area (Å²) in [6.45, 7) is 4.03. The number of nitrogens with zero attached hydrogens (tertiary/aromatic N) is 4. The Kier molecular flexibility index (Phi) is 13.5. The van der Waals surface area contributed by atoms with Crippen LogP contribution in [-0.4, -0.2) is 107 Å². The summed E-state index contributed by atoms with van der Waals surface area (Å²) in [6, 6.07) is 14.4. The molecular formula is C40H37Cl3N6O10S2. The van der Waals surface area contributed by atoms with Gasteiger partial charge in [0.1, 0.15) is 53.7 Å². The van der Waals surface area contributed by atoms with Crippen LogP contribution in [0.2, 0.25) is 15.2 Å². The number of nitrogen functional groups attached to an aromatic ring is 1. The molecule has 3 N–H and O–H groups in total. The third-order valence-electron chi connectivity index (χ3n) is 9.71. The number of rotatable bonds is 8. The largest absolute Gasteiger partial charge is 0.484 e. The maximum atomic E-state index is 11.2. The molecule has 16 nitrogen and oxygen atoms in total. The number of nitrogens with one attached hydrogen (secondary N) is 1. The number of thiophene rings is 2. The Hall–Kier alpha value is -4.63. The van der Waals surface area contributed by atoms with Crippen LogP contribution in [0.4, 0.5) is 17.2 Å². The maximum Gasteiger partial charge on any atom is 0.303 e. The first-order chi connectivity index (χ1) is 29.5. The van der Waals surface area contributed by atoms with Crippen molar-refractivity contribution in [1.29, 1.82) is 0 Å². The molecule has 4 saturated heterocycles. The Morgan fingerprint density at radius 2 is 1.15 bits per heavy atom. The van der Waals surface area contributed by atoms with Crippen molar-refractivity contribution >= 4 is 107 Å². The number of halogens is 3. The van der Waals surface area contributed by atoms with E-state index in [0.717, 1.165) is 31.9 Å². The molecule has 10 rings (SSSR count). The summed E-state index contributed by atoms with van der Waals surface area (Å²) in [5, 5.41) is 8.63. The molecule has 8 heterocycles. The standard InChI is InChI=1S/C20H18ClN3O5S.C14H16ClNO5.C6H3ClN2S/c1-10(25)28-15-7-26-18-16(8-27-17(15)18)29-14-3-2-11(6-12(14)21)24-20-19-13(4-5-30-19)22-9-23-20;1-7(17)20-11-5-18-14-12(6-19-13(11)14)21-10-3-2-8(16)4-9(10)15;7-6-5-4(1-2-10-5)8-3-9-6/h2-6,9,15-18H,7-8H2,1H3,(H,22,23,24);2-4,11-14H,5-6,16H2,1H3;1-3H/t15-,16?,17+,18+;11-,12?,13+,14+;/m00./s1. The van der Waals surface area contributed by atoms with Crippen molar-refractivity contribution in [1.82, 2.24) is 19.9 Å². The van der Waals surface area contributed by atoms with E-state index in [2.05, 4.69) is 25.3 Å². The first-order valence-electron chi connectivity index (χ1n) is 18.8. The third-order valence-corrected chi connectivity index (χ3v) is 12.5. The van der Waals surface area contributed by atoms with Crippen molar-refractivity contribution in [3.63, 3.8) is 0 Å². The van der Waals surface area contributed by atoms with E-state index in [9.17, 15) is 9.59 Å². The van der Waals surface area contributed by atoms with Crippen molar-refractivity contribution < 1.29 is 47.5 Å². The Morgan fingerprint density at radius 3 is 1.69 bits per heavy atom. The summed E-state index contributed by atoms with van der Waals surface area (Å²) in [6.07, 6.45) is 0.356. The number of esters is 2. The molecular weight excluding hydrogens is 895 g/mol. The highest BCUT2D eigenvalue weighted by molar-refractivity contribution is 7.18. The van der Waals surface area contributed by atoms with Crippen molar-refractivity contribution in [2.45, 2.75) is 62.7 Å². The molecule has 6 aromatic rings. The normalized spacial score (nSPS) is 24.8. The van der Waals surface area contributed by atoms with Gasteiger partial charge in [0.15, 0.2) is 30.2 Å². The Morgan fingerprint density at radius 1 is 0.656 bits per heavy atom. The second-order valence-corrected chi connectivity index (χ2v) is 16.9. The van der Waals surface area contributed by atoms with E-state index in [1.807, 2.05) is 29.0 Å². The fraction of sp³-hybridized carbons (Fsp3) is 0.350. The summed E-state index contributed by atoms with van der Waals surface area (Å²) < 4.78 is 47.1. The Bertz CT molecular complexity index is 2520. The van der Waals surface area contributed by atoms with Gasteiger partial charge in [0.05, 0.1) is 56.9 Å². The summed E-state index contributed by atoms with van der Waals surface area (Å²) >= 11 is 21.4. The van der Waals surface area contributed by atoms with E-state index in [-0.39, 0.29) is 54.7 Å². The van der Waals surface area contributed by atoms with Gasteiger partial charge in [-0.3, -0.25) is 9.59 Å². The lowest BCUT2D eigenvalue weighted by molar-refractivity contribution is -0.151. The Balaban J connectivity index is 0.000000143. The van der Waals surface area contributed by atoms with Gasteiger partial charge in [-0.1, -0.05) is 34.8 Å². The molecule has 0 saturated carbocycles. The number of fused-ring (bicyclic) bond motifs is 4. The third kappa shape index (κ3) is 10.0. The summed E-state index contributed by atoms with van der Waals surface area (Å²) in [4.78, 5) is 38.7. The minimum atomic E-state index is -0.412. The first kappa shape index (κ1) is 43.0. The number of benzene rings is 2. The van der Waals surface area contributed by atoms with Gasteiger partial charge in [0.2, 0.25) is 0 Å². The van der Waals surface area contributed by atoms with Gasteiger partial charge in [-0.05, 0) is 59.3 Å². The number of anilines is 3. The van der Waals surface area contributed by atoms with Crippen molar-refractivity contribution in [2.24, 2.45) is 0 Å². The van der Waals surface area contributed by atoms with Gasteiger partial charge in [-0.2, -0.15) is 0 Å². The molecule has 4 aliphatic heterocycles. The number of hydrogen-bond acceptors (Lipinski definition) is 18. The molecule has 2 unspecified atom stereocenters. The van der Waals surface area contributed by atoms with E-state index in [1.165, 1.54) is 26.5 Å². The quantitative estimate of drug-likeness (QED) is 0.0875. The van der Waals surface area contributed by atoms with E-state index >= 15 is 0 Å². The van der Waals surface area contributed by atoms with Gasteiger partial charge in [0.25, 0.3) is 0 Å². The molecule has 0 spiro atoms. The topological polar surface area (TPSA) is 198 Å². The minimum absolute atomic E-state index is 0.275. The number of carbonyl (C=O) groups excluding carboxylic acids is 2. The molecule has 2 aromatic carbocycles. The number of carbonyl (C=O) groups is 2. The number of aromatic nitrogens is 4. The summed E-state index contributed by atoms with van der Waals surface area (Å²) in [5.74, 6) is 1.08. The molecule has 0 aliphatic carbocycles. The Labute approximate surface area is 371 Å². The fourth-order valence-electron chi connectivity index (χ4n) is 7.08. The molecule has 320 valence electrons. The van der Waals surface area contributed by atoms with Crippen LogP contribution in [0.25, 0.3) is 20.4 Å². The highest BCUT2D eigenvalue weighted by Gasteiger charge is 2.51. The van der Waals surface area contributed by atoms with Crippen LogP contribution >= 0.6 is 57.5 Å². The number of hydrogen-bond donors (Lipinski definition) is 2.